The zero-order valence-electron chi connectivity index (χ0n) is 25.4. The van der Waals surface area contributed by atoms with Crippen molar-refractivity contribution in [1.82, 2.24) is 4.98 Å². The highest BCUT2D eigenvalue weighted by molar-refractivity contribution is 5.69. The van der Waals surface area contributed by atoms with Crippen LogP contribution in [0.1, 0.15) is 78.9 Å². The first-order valence-electron chi connectivity index (χ1n) is 14.7. The van der Waals surface area contributed by atoms with Crippen molar-refractivity contribution in [2.75, 3.05) is 6.61 Å². The molecule has 0 saturated heterocycles. The summed E-state index contributed by atoms with van der Waals surface area (Å²) in [6, 6.07) is 5.02. The summed E-state index contributed by atoms with van der Waals surface area (Å²) in [5.41, 5.74) is -3.09. The number of carbonyl (C=O) groups excluding carboxylic acids is 3. The van der Waals surface area contributed by atoms with Gasteiger partial charge in [-0.15, -0.1) is 0 Å². The van der Waals surface area contributed by atoms with Gasteiger partial charge in [0.2, 0.25) is 0 Å². The third kappa shape index (κ3) is 5.11. The van der Waals surface area contributed by atoms with Crippen LogP contribution in [0, 0.1) is 22.7 Å². The first-order valence-corrected chi connectivity index (χ1v) is 14.7. The van der Waals surface area contributed by atoms with Crippen LogP contribution in [0.15, 0.2) is 39.8 Å². The van der Waals surface area contributed by atoms with E-state index in [1.807, 2.05) is 13.8 Å². The van der Waals surface area contributed by atoms with Gasteiger partial charge in [0.05, 0.1) is 6.10 Å². The van der Waals surface area contributed by atoms with Gasteiger partial charge in [-0.25, -0.2) is 4.79 Å². The smallest absolute Gasteiger partial charge is 0.345 e. The van der Waals surface area contributed by atoms with Crippen molar-refractivity contribution in [3.05, 3.63) is 46.6 Å². The molecule has 0 aromatic carbocycles. The van der Waals surface area contributed by atoms with Crippen LogP contribution >= 0.6 is 0 Å². The lowest BCUT2D eigenvalue weighted by molar-refractivity contribution is -0.271. The first-order chi connectivity index (χ1) is 20.2. The van der Waals surface area contributed by atoms with E-state index in [0.29, 0.717) is 18.4 Å². The Balaban J connectivity index is 1.67. The number of hydrogen-bond acceptors (Lipinski definition) is 11. The van der Waals surface area contributed by atoms with Gasteiger partial charge in [0.15, 0.2) is 0 Å². The van der Waals surface area contributed by atoms with Gasteiger partial charge in [-0.05, 0) is 49.7 Å². The number of fused-ring (bicyclic) bond motifs is 4. The van der Waals surface area contributed by atoms with Gasteiger partial charge in [-0.3, -0.25) is 19.4 Å². The Labute approximate surface area is 249 Å². The molecule has 0 unspecified atom stereocenters. The number of pyridine rings is 1. The molecule has 0 radical (unpaired) electrons. The Morgan fingerprint density at radius 1 is 1.12 bits per heavy atom. The van der Waals surface area contributed by atoms with Gasteiger partial charge in [0, 0.05) is 55.6 Å². The first kappa shape index (κ1) is 30.7. The molecule has 0 amide bonds. The summed E-state index contributed by atoms with van der Waals surface area (Å²) in [6.07, 6.45) is 1.67. The Morgan fingerprint density at radius 2 is 1.86 bits per heavy atom. The summed E-state index contributed by atoms with van der Waals surface area (Å²) in [5, 5.41) is 12.1. The quantitative estimate of drug-likeness (QED) is 0.378. The molecule has 2 fully saturated rings. The molecule has 1 aliphatic heterocycles. The van der Waals surface area contributed by atoms with Crippen molar-refractivity contribution in [2.24, 2.45) is 22.7 Å². The summed E-state index contributed by atoms with van der Waals surface area (Å²) in [4.78, 5) is 54.5. The van der Waals surface area contributed by atoms with Gasteiger partial charge in [-0.2, -0.15) is 0 Å². The number of hydrogen-bond donors (Lipinski definition) is 1. The Hall–Kier alpha value is -3.73. The molecule has 2 saturated carbocycles. The average Bonchev–Trinajstić information content (AvgIpc) is 2.94. The molecule has 1 N–H and O–H groups in total. The normalized spacial score (nSPS) is 34.4. The van der Waals surface area contributed by atoms with Crippen molar-refractivity contribution in [3.63, 3.8) is 0 Å². The van der Waals surface area contributed by atoms with E-state index in [-0.39, 0.29) is 42.4 Å². The third-order valence-electron chi connectivity index (χ3n) is 9.98. The Bertz CT molecular complexity index is 1470. The molecule has 0 spiro atoms. The predicted octanol–water partition coefficient (Wildman–Crippen LogP) is 4.15. The van der Waals surface area contributed by atoms with E-state index >= 15 is 0 Å². The molecule has 11 heteroatoms. The van der Waals surface area contributed by atoms with Crippen molar-refractivity contribution >= 4 is 17.9 Å². The molecular formula is C32H39NO10. The van der Waals surface area contributed by atoms with Crippen LogP contribution in [0.5, 0.6) is 5.75 Å². The second kappa shape index (κ2) is 11.1. The number of carbonyl (C=O) groups is 3. The van der Waals surface area contributed by atoms with E-state index in [9.17, 15) is 24.3 Å². The molecule has 11 nitrogen and oxygen atoms in total. The molecule has 2 aromatic rings. The average molecular weight is 598 g/mol. The standard InChI is InChI=1S/C32H39NO10/c1-7-25(36)42-24-14-22-30(4,11-10-23(40-18(3)35)31(22,5)16-39-17(2)34)28-27(37)26-21(43-32(24,28)6)13-20(41-29(26)38)19-9-8-12-33-15-19/h8-9,12-13,15,22-24,27-28,37H,7,10-11,14,16H2,1-6H3/t22-,23+,24+,27+,28-,30+,31+,32-/m1/s1. The summed E-state index contributed by atoms with van der Waals surface area (Å²) in [5.74, 6) is -2.15. The molecule has 2 aromatic heterocycles. The lowest BCUT2D eigenvalue weighted by atomic mass is 9.42. The minimum absolute atomic E-state index is 0.0126. The fourth-order valence-electron chi connectivity index (χ4n) is 8.08. The number of aliphatic hydroxyl groups excluding tert-OH is 1. The molecule has 43 heavy (non-hydrogen) atoms. The zero-order chi connectivity index (χ0) is 31.3. The van der Waals surface area contributed by atoms with Crippen LogP contribution < -0.4 is 10.4 Å². The largest absolute Gasteiger partial charge is 0.482 e. The minimum Gasteiger partial charge on any atom is -0.482 e. The van der Waals surface area contributed by atoms with Crippen LogP contribution in [-0.2, 0) is 28.6 Å². The lowest BCUT2D eigenvalue weighted by Gasteiger charge is -2.66. The van der Waals surface area contributed by atoms with Crippen LogP contribution in [-0.4, -0.2) is 52.4 Å². The minimum atomic E-state index is -1.34. The van der Waals surface area contributed by atoms with E-state index in [2.05, 4.69) is 4.98 Å². The topological polar surface area (TPSA) is 151 Å². The predicted molar refractivity (Wildman–Crippen MR) is 152 cm³/mol. The van der Waals surface area contributed by atoms with Crippen molar-refractivity contribution in [1.29, 1.82) is 0 Å². The van der Waals surface area contributed by atoms with E-state index in [1.54, 1.807) is 44.4 Å². The van der Waals surface area contributed by atoms with Gasteiger partial charge in [0.1, 0.15) is 41.5 Å². The maximum Gasteiger partial charge on any atom is 0.345 e. The summed E-state index contributed by atoms with van der Waals surface area (Å²) >= 11 is 0. The van der Waals surface area contributed by atoms with Gasteiger partial charge in [0.25, 0.3) is 0 Å². The van der Waals surface area contributed by atoms with E-state index in [4.69, 9.17) is 23.4 Å². The highest BCUT2D eigenvalue weighted by Gasteiger charge is 2.70. The molecule has 232 valence electrons. The number of ether oxygens (including phenoxy) is 4. The Morgan fingerprint density at radius 3 is 2.49 bits per heavy atom. The lowest BCUT2D eigenvalue weighted by Crippen LogP contribution is -2.71. The van der Waals surface area contributed by atoms with Crippen molar-refractivity contribution in [2.45, 2.75) is 91.1 Å². The van der Waals surface area contributed by atoms with Gasteiger partial charge >= 0.3 is 23.5 Å². The maximum atomic E-state index is 13.5. The molecule has 0 bridgehead atoms. The number of rotatable bonds is 6. The number of esters is 3. The van der Waals surface area contributed by atoms with Crippen molar-refractivity contribution in [3.8, 4) is 17.1 Å². The molecule has 5 rings (SSSR count). The second-order valence-electron chi connectivity index (χ2n) is 12.7. The second-order valence-corrected chi connectivity index (χ2v) is 12.7. The SMILES string of the molecule is CCC(=O)O[C@H]1C[C@H]2[C@](C)(COC(C)=O)[C@@H](OC(C)=O)CC[C@]2(C)[C@H]2[C@@H](O)c3c(cc(-c4cccnc4)oc3=O)O[C@]12C. The molecule has 2 aliphatic carbocycles. The fraction of sp³-hybridized carbons (Fsp3) is 0.594. The molecular weight excluding hydrogens is 558 g/mol. The van der Waals surface area contributed by atoms with Crippen LogP contribution in [0.25, 0.3) is 11.3 Å². The molecule has 3 aliphatic rings. The van der Waals surface area contributed by atoms with Crippen LogP contribution in [0.3, 0.4) is 0 Å². The van der Waals surface area contributed by atoms with Crippen LogP contribution in [0.2, 0.25) is 0 Å². The van der Waals surface area contributed by atoms with E-state index in [0.717, 1.165) is 0 Å². The van der Waals surface area contributed by atoms with Crippen LogP contribution in [0.4, 0.5) is 0 Å². The Kier molecular flexibility index (Phi) is 7.91. The summed E-state index contributed by atoms with van der Waals surface area (Å²) in [7, 11) is 0. The van der Waals surface area contributed by atoms with E-state index < -0.39 is 64.2 Å². The fourth-order valence-corrected chi connectivity index (χ4v) is 8.08. The zero-order valence-corrected chi connectivity index (χ0v) is 25.4. The van der Waals surface area contributed by atoms with E-state index in [1.165, 1.54) is 13.8 Å². The summed E-state index contributed by atoms with van der Waals surface area (Å²) < 4.78 is 29.7. The molecule has 3 heterocycles. The highest BCUT2D eigenvalue weighted by Crippen LogP contribution is 2.67. The highest BCUT2D eigenvalue weighted by atomic mass is 16.6. The van der Waals surface area contributed by atoms with Crippen molar-refractivity contribution < 1.29 is 42.9 Å². The maximum absolute atomic E-state index is 13.5. The number of nitrogens with zero attached hydrogens (tertiary/aromatic N) is 1. The van der Waals surface area contributed by atoms with Gasteiger partial charge in [-0.1, -0.05) is 20.8 Å². The molecule has 8 atom stereocenters. The summed E-state index contributed by atoms with van der Waals surface area (Å²) in [6.45, 7) is 9.99. The monoisotopic (exact) mass is 597 g/mol. The third-order valence-corrected chi connectivity index (χ3v) is 9.98. The van der Waals surface area contributed by atoms with Gasteiger partial charge < -0.3 is 28.5 Å². The number of aromatic nitrogens is 1. The number of aliphatic hydroxyl groups is 1.